The zero-order valence-corrected chi connectivity index (χ0v) is 9.89. The molecule has 0 saturated carbocycles. The number of fused-ring (bicyclic) bond motifs is 1. The van der Waals surface area contributed by atoms with E-state index in [1.807, 2.05) is 12.1 Å². The molecule has 5 nitrogen and oxygen atoms in total. The van der Waals surface area contributed by atoms with Gasteiger partial charge in [0.15, 0.2) is 0 Å². The Morgan fingerprint density at radius 1 is 1.50 bits per heavy atom. The van der Waals surface area contributed by atoms with Crippen LogP contribution < -0.4 is 5.73 Å². The molecule has 0 aliphatic carbocycles. The molecule has 1 fully saturated rings. The number of amides is 1. The predicted molar refractivity (Wildman–Crippen MR) is 69.2 cm³/mol. The number of carbonyl (C=O) groups excluding carboxylic acids is 1. The van der Waals surface area contributed by atoms with Crippen LogP contribution in [0.2, 0.25) is 0 Å². The van der Waals surface area contributed by atoms with E-state index in [4.69, 9.17) is 5.73 Å². The number of hydrogen-bond acceptors (Lipinski definition) is 3. The van der Waals surface area contributed by atoms with Gasteiger partial charge in [-0.15, -0.1) is 0 Å². The first-order valence-electron chi connectivity index (χ1n) is 5.99. The molecule has 5 heteroatoms. The van der Waals surface area contributed by atoms with Crippen LogP contribution in [0.1, 0.15) is 16.8 Å². The Kier molecular flexibility index (Phi) is 2.48. The number of anilines is 1. The van der Waals surface area contributed by atoms with Crippen LogP contribution in [0.3, 0.4) is 0 Å². The highest BCUT2D eigenvalue weighted by molar-refractivity contribution is 6.07. The van der Waals surface area contributed by atoms with E-state index in [0.717, 1.165) is 10.9 Å². The standard InChI is InChI=1S/C13H15N3O2/c14-8-1-2-10-11(6-15-12(10)5-8)13(18)16-4-3-9(17)7-16/h1-2,5-6,9,15,17H,3-4,7,14H2/t9-/m1/s1. The molecule has 2 heterocycles. The van der Waals surface area contributed by atoms with Gasteiger partial charge in [0.05, 0.1) is 11.7 Å². The van der Waals surface area contributed by atoms with Crippen LogP contribution in [0, 0.1) is 0 Å². The van der Waals surface area contributed by atoms with Crippen molar-refractivity contribution in [3.8, 4) is 0 Å². The molecule has 18 heavy (non-hydrogen) atoms. The van der Waals surface area contributed by atoms with Gasteiger partial charge in [0.1, 0.15) is 0 Å². The van der Waals surface area contributed by atoms with E-state index in [0.29, 0.717) is 30.8 Å². The van der Waals surface area contributed by atoms with Gasteiger partial charge in [-0.05, 0) is 24.6 Å². The summed E-state index contributed by atoms with van der Waals surface area (Å²) < 4.78 is 0. The molecule has 2 aromatic rings. The molecule has 1 aliphatic heterocycles. The van der Waals surface area contributed by atoms with Gasteiger partial charge in [-0.25, -0.2) is 0 Å². The Hall–Kier alpha value is -2.01. The molecule has 0 radical (unpaired) electrons. The molecule has 1 aliphatic rings. The van der Waals surface area contributed by atoms with E-state index in [1.54, 1.807) is 17.2 Å². The van der Waals surface area contributed by atoms with E-state index in [9.17, 15) is 9.90 Å². The summed E-state index contributed by atoms with van der Waals surface area (Å²) in [5, 5.41) is 10.3. The topological polar surface area (TPSA) is 82.3 Å². The van der Waals surface area contributed by atoms with Crippen LogP contribution >= 0.6 is 0 Å². The van der Waals surface area contributed by atoms with Crippen molar-refractivity contribution in [3.63, 3.8) is 0 Å². The Bertz CT molecular complexity index is 605. The minimum Gasteiger partial charge on any atom is -0.399 e. The molecule has 1 aromatic heterocycles. The lowest BCUT2D eigenvalue weighted by Crippen LogP contribution is -2.29. The molecule has 0 bridgehead atoms. The molecule has 94 valence electrons. The number of nitrogens with two attached hydrogens (primary N) is 1. The molecule has 0 spiro atoms. The van der Waals surface area contributed by atoms with E-state index in [1.165, 1.54) is 0 Å². The number of nitrogens with zero attached hydrogens (tertiary/aromatic N) is 1. The SMILES string of the molecule is Nc1ccc2c(C(=O)N3CC[C@@H](O)C3)c[nH]c2c1. The maximum atomic E-state index is 12.3. The van der Waals surface area contributed by atoms with Crippen molar-refractivity contribution in [2.75, 3.05) is 18.8 Å². The summed E-state index contributed by atoms with van der Waals surface area (Å²) in [6, 6.07) is 5.44. The number of aromatic nitrogens is 1. The van der Waals surface area contributed by atoms with Crippen molar-refractivity contribution in [1.29, 1.82) is 0 Å². The molecular formula is C13H15N3O2. The first kappa shape index (κ1) is 11.1. The number of aliphatic hydroxyl groups excluding tert-OH is 1. The number of nitrogen functional groups attached to an aromatic ring is 1. The second-order valence-electron chi connectivity index (χ2n) is 4.70. The van der Waals surface area contributed by atoms with Crippen LogP contribution in [-0.2, 0) is 0 Å². The van der Waals surface area contributed by atoms with Crippen LogP contribution in [0.15, 0.2) is 24.4 Å². The molecular weight excluding hydrogens is 230 g/mol. The van der Waals surface area contributed by atoms with Crippen molar-refractivity contribution in [2.45, 2.75) is 12.5 Å². The molecule has 0 unspecified atom stereocenters. The summed E-state index contributed by atoms with van der Waals surface area (Å²) in [4.78, 5) is 17.1. The van der Waals surface area contributed by atoms with Gasteiger partial charge in [0.2, 0.25) is 0 Å². The van der Waals surface area contributed by atoms with Crippen molar-refractivity contribution in [1.82, 2.24) is 9.88 Å². The van der Waals surface area contributed by atoms with Gasteiger partial charge >= 0.3 is 0 Å². The quantitative estimate of drug-likeness (QED) is 0.654. The third-order valence-electron chi connectivity index (χ3n) is 3.39. The number of rotatable bonds is 1. The second-order valence-corrected chi connectivity index (χ2v) is 4.70. The molecule has 1 saturated heterocycles. The lowest BCUT2D eigenvalue weighted by molar-refractivity contribution is 0.0767. The second kappa shape index (κ2) is 4.03. The predicted octanol–water partition coefficient (Wildman–Crippen LogP) is 0.957. The lowest BCUT2D eigenvalue weighted by Gasteiger charge is -2.14. The van der Waals surface area contributed by atoms with E-state index in [2.05, 4.69) is 4.98 Å². The monoisotopic (exact) mass is 245 g/mol. The maximum absolute atomic E-state index is 12.3. The summed E-state index contributed by atoms with van der Waals surface area (Å²) in [5.41, 5.74) is 7.87. The van der Waals surface area contributed by atoms with Crippen LogP contribution in [0.5, 0.6) is 0 Å². The molecule has 1 aromatic carbocycles. The number of carbonyl (C=O) groups is 1. The van der Waals surface area contributed by atoms with Crippen LogP contribution in [-0.4, -0.2) is 40.1 Å². The first-order valence-corrected chi connectivity index (χ1v) is 5.99. The zero-order chi connectivity index (χ0) is 12.7. The third-order valence-corrected chi connectivity index (χ3v) is 3.39. The number of likely N-dealkylation sites (tertiary alicyclic amines) is 1. The third kappa shape index (κ3) is 1.73. The van der Waals surface area contributed by atoms with E-state index in [-0.39, 0.29) is 5.91 Å². The Morgan fingerprint density at radius 3 is 3.06 bits per heavy atom. The average Bonchev–Trinajstić information content (AvgIpc) is 2.94. The van der Waals surface area contributed by atoms with Gasteiger partial charge in [0.25, 0.3) is 5.91 Å². The highest BCUT2D eigenvalue weighted by atomic mass is 16.3. The van der Waals surface area contributed by atoms with Crippen molar-refractivity contribution in [2.24, 2.45) is 0 Å². The molecule has 3 rings (SSSR count). The van der Waals surface area contributed by atoms with Gasteiger partial charge < -0.3 is 20.7 Å². The fourth-order valence-corrected chi connectivity index (χ4v) is 2.42. The number of benzene rings is 1. The Morgan fingerprint density at radius 2 is 2.33 bits per heavy atom. The van der Waals surface area contributed by atoms with Gasteiger partial charge in [0, 0.05) is 35.9 Å². The fraction of sp³-hybridized carbons (Fsp3) is 0.308. The smallest absolute Gasteiger partial charge is 0.256 e. The average molecular weight is 245 g/mol. The largest absolute Gasteiger partial charge is 0.399 e. The summed E-state index contributed by atoms with van der Waals surface area (Å²) in [6.07, 6.45) is 1.97. The Labute approximate surface area is 104 Å². The first-order chi connectivity index (χ1) is 8.65. The lowest BCUT2D eigenvalue weighted by atomic mass is 10.1. The molecule has 1 amide bonds. The van der Waals surface area contributed by atoms with E-state index < -0.39 is 6.10 Å². The fourth-order valence-electron chi connectivity index (χ4n) is 2.42. The summed E-state index contributed by atoms with van der Waals surface area (Å²) in [6.45, 7) is 1.03. The highest BCUT2D eigenvalue weighted by Crippen LogP contribution is 2.23. The molecule has 4 N–H and O–H groups in total. The van der Waals surface area contributed by atoms with Crippen LogP contribution in [0.4, 0.5) is 5.69 Å². The number of hydrogen-bond donors (Lipinski definition) is 3. The normalized spacial score (nSPS) is 19.6. The van der Waals surface area contributed by atoms with Gasteiger partial charge in [-0.2, -0.15) is 0 Å². The van der Waals surface area contributed by atoms with Gasteiger partial charge in [-0.1, -0.05) is 0 Å². The number of aliphatic hydroxyl groups is 1. The van der Waals surface area contributed by atoms with Gasteiger partial charge in [-0.3, -0.25) is 4.79 Å². The number of nitrogens with one attached hydrogen (secondary N) is 1. The number of H-pyrrole nitrogens is 1. The summed E-state index contributed by atoms with van der Waals surface area (Å²) >= 11 is 0. The minimum absolute atomic E-state index is 0.0393. The number of aromatic amines is 1. The van der Waals surface area contributed by atoms with Crippen molar-refractivity contribution < 1.29 is 9.90 Å². The van der Waals surface area contributed by atoms with Crippen molar-refractivity contribution in [3.05, 3.63) is 30.0 Å². The van der Waals surface area contributed by atoms with E-state index >= 15 is 0 Å². The van der Waals surface area contributed by atoms with Crippen molar-refractivity contribution >= 4 is 22.5 Å². The highest BCUT2D eigenvalue weighted by Gasteiger charge is 2.26. The number of β-amino-alcohol motifs (C(OH)–C–C–N with tert-alkyl or cyclic N) is 1. The zero-order valence-electron chi connectivity index (χ0n) is 9.89. The maximum Gasteiger partial charge on any atom is 0.256 e. The Balaban J connectivity index is 1.97. The van der Waals surface area contributed by atoms with Crippen LogP contribution in [0.25, 0.3) is 10.9 Å². The molecule has 1 atom stereocenters. The minimum atomic E-state index is -0.394. The summed E-state index contributed by atoms with van der Waals surface area (Å²) in [5.74, 6) is -0.0393. The summed E-state index contributed by atoms with van der Waals surface area (Å²) in [7, 11) is 0.